The van der Waals surface area contributed by atoms with Crippen LogP contribution in [0.5, 0.6) is 5.75 Å². The van der Waals surface area contributed by atoms with E-state index in [1.165, 1.54) is 18.2 Å². The molecule has 0 saturated carbocycles. The zero-order valence-corrected chi connectivity index (χ0v) is 37.5. The number of hydrogen-bond donors (Lipinski definition) is 5. The molecule has 5 aromatic rings. The third-order valence-electron chi connectivity index (χ3n) is 11.3. The Morgan fingerprint density at radius 2 is 1.69 bits per heavy atom. The zero-order chi connectivity index (χ0) is 44.1. The predicted molar refractivity (Wildman–Crippen MR) is 241 cm³/mol. The number of fused-ring (bicyclic) bond motifs is 1. The number of halogens is 4. The minimum atomic E-state index is -2.91. The highest BCUT2D eigenvalue weighted by Gasteiger charge is 2.32. The van der Waals surface area contributed by atoms with Gasteiger partial charge in [-0.05, 0) is 115 Å². The monoisotopic (exact) mass is 935 g/mol. The van der Waals surface area contributed by atoms with Crippen LogP contribution in [0.1, 0.15) is 55.2 Å². The molecule has 0 bridgehead atoms. The summed E-state index contributed by atoms with van der Waals surface area (Å²) < 4.78 is 64.0. The molecule has 1 atom stereocenters. The van der Waals surface area contributed by atoms with Crippen molar-refractivity contribution in [3.63, 3.8) is 0 Å². The van der Waals surface area contributed by atoms with E-state index in [1.807, 2.05) is 6.07 Å². The van der Waals surface area contributed by atoms with E-state index in [2.05, 4.69) is 70.4 Å². The average molecular weight is 937 g/mol. The highest BCUT2D eigenvalue weighted by atomic mass is 79.9. The fourth-order valence-corrected chi connectivity index (χ4v) is 9.95. The number of rotatable bonds is 16. The molecule has 0 aliphatic carbocycles. The van der Waals surface area contributed by atoms with Crippen LogP contribution in [0.25, 0.3) is 10.9 Å². The first kappa shape index (κ1) is 44.9. The quantitative estimate of drug-likeness (QED) is 0.0379. The van der Waals surface area contributed by atoms with Gasteiger partial charge in [-0.2, -0.15) is 4.98 Å². The summed E-state index contributed by atoms with van der Waals surface area (Å²) in [5.41, 5.74) is 4.21. The molecule has 328 valence electrons. The molecule has 0 radical (unpaired) electrons. The van der Waals surface area contributed by atoms with Gasteiger partial charge in [-0.1, -0.05) is 6.92 Å². The van der Waals surface area contributed by atoms with Crippen molar-refractivity contribution in [2.24, 2.45) is 0 Å². The molecule has 2 aliphatic heterocycles. The standard InChI is InChI=1S/C44H50BrF3N9O4P/c1-5-26-20-36(54-44-52-24-31(45)42(56-44)53-35-8-7-34-30(21-27(46)23-51-34)41(35)62(3,4)60)38(61-2)22-37(26)57-16-11-28(12-17-57)50-15-14-49-13-10-25-18-32(47)40(33(48)19-25)29-6-9-39(58)55-43(29)59/h7-8,18-24,28-29,49-50H,5-6,9-17H2,1-4H3,(H,55,58,59)(H2,52,53,54,56). The molecule has 2 amide bonds. The van der Waals surface area contributed by atoms with Gasteiger partial charge in [0.2, 0.25) is 17.8 Å². The van der Waals surface area contributed by atoms with Crippen LogP contribution in [-0.4, -0.2) is 86.0 Å². The number of ether oxygens (including phenoxy) is 1. The predicted octanol–water partition coefficient (Wildman–Crippen LogP) is 7.42. The Morgan fingerprint density at radius 1 is 0.935 bits per heavy atom. The Hall–Kier alpha value is -5.09. The zero-order valence-electron chi connectivity index (χ0n) is 35.0. The van der Waals surface area contributed by atoms with E-state index < -0.39 is 42.3 Å². The molecule has 2 aliphatic rings. The third kappa shape index (κ3) is 10.4. The largest absolute Gasteiger partial charge is 0.494 e. The van der Waals surface area contributed by atoms with E-state index in [-0.39, 0.29) is 18.4 Å². The third-order valence-corrected chi connectivity index (χ3v) is 13.4. The number of carbonyl (C=O) groups excluding carboxylic acids is 2. The molecular formula is C44H50BrF3N9O4P. The van der Waals surface area contributed by atoms with Crippen LogP contribution in [0.4, 0.5) is 42.0 Å². The minimum Gasteiger partial charge on any atom is -0.494 e. The molecule has 62 heavy (non-hydrogen) atoms. The van der Waals surface area contributed by atoms with Crippen LogP contribution in [0.2, 0.25) is 0 Å². The van der Waals surface area contributed by atoms with Gasteiger partial charge in [-0.3, -0.25) is 19.9 Å². The highest BCUT2D eigenvalue weighted by molar-refractivity contribution is 9.10. The fraction of sp³-hybridized carbons (Fsp3) is 0.386. The number of pyridine rings is 1. The molecule has 5 N–H and O–H groups in total. The van der Waals surface area contributed by atoms with Crippen LogP contribution in [0.15, 0.2) is 59.3 Å². The number of nitrogens with zero attached hydrogens (tertiary/aromatic N) is 4. The van der Waals surface area contributed by atoms with E-state index in [4.69, 9.17) is 9.72 Å². The van der Waals surface area contributed by atoms with Crippen molar-refractivity contribution in [3.05, 3.63) is 93.5 Å². The molecule has 2 aromatic heterocycles. The van der Waals surface area contributed by atoms with Crippen molar-refractivity contribution in [2.75, 3.05) is 68.7 Å². The van der Waals surface area contributed by atoms with Crippen LogP contribution in [-0.2, 0) is 27.0 Å². The lowest BCUT2D eigenvalue weighted by Gasteiger charge is -2.35. The summed E-state index contributed by atoms with van der Waals surface area (Å²) in [6, 6.07) is 11.9. The summed E-state index contributed by atoms with van der Waals surface area (Å²) in [5.74, 6) is -2.80. The summed E-state index contributed by atoms with van der Waals surface area (Å²) in [5, 5.41) is 16.7. The number of benzene rings is 3. The number of aryl methyl sites for hydroxylation is 1. The Labute approximate surface area is 366 Å². The molecule has 4 heterocycles. The highest BCUT2D eigenvalue weighted by Crippen LogP contribution is 2.42. The number of imide groups is 1. The number of methoxy groups -OCH3 is 1. The molecule has 3 aromatic carbocycles. The number of anilines is 5. The molecule has 13 nitrogen and oxygen atoms in total. The summed E-state index contributed by atoms with van der Waals surface area (Å²) in [6.07, 6.45) is 5.99. The van der Waals surface area contributed by atoms with E-state index in [1.54, 1.807) is 38.8 Å². The number of carbonyl (C=O) groups is 2. The smallest absolute Gasteiger partial charge is 0.234 e. The second kappa shape index (κ2) is 19.5. The lowest BCUT2D eigenvalue weighted by molar-refractivity contribution is -0.134. The van der Waals surface area contributed by atoms with Gasteiger partial charge < -0.3 is 35.5 Å². The van der Waals surface area contributed by atoms with Gasteiger partial charge in [-0.25, -0.2) is 18.2 Å². The van der Waals surface area contributed by atoms with Gasteiger partial charge in [0.25, 0.3) is 0 Å². The van der Waals surface area contributed by atoms with Crippen LogP contribution >= 0.6 is 23.1 Å². The second-order valence-corrected chi connectivity index (χ2v) is 19.9. The summed E-state index contributed by atoms with van der Waals surface area (Å²) >= 11 is 3.54. The van der Waals surface area contributed by atoms with Crippen molar-refractivity contribution in [3.8, 4) is 5.75 Å². The Bertz CT molecular complexity index is 2510. The fourth-order valence-electron chi connectivity index (χ4n) is 8.19. The molecule has 18 heteroatoms. The number of nitrogens with one attached hydrogen (secondary N) is 5. The Kier molecular flexibility index (Phi) is 14.2. The van der Waals surface area contributed by atoms with Crippen LogP contribution in [0.3, 0.4) is 0 Å². The van der Waals surface area contributed by atoms with E-state index in [0.29, 0.717) is 80.7 Å². The average Bonchev–Trinajstić information content (AvgIpc) is 3.23. The van der Waals surface area contributed by atoms with E-state index >= 15 is 0 Å². The first-order valence-electron chi connectivity index (χ1n) is 20.6. The van der Waals surface area contributed by atoms with Gasteiger partial charge in [0.1, 0.15) is 36.2 Å². The summed E-state index contributed by atoms with van der Waals surface area (Å²) in [6.45, 7) is 9.06. The lowest BCUT2D eigenvalue weighted by atomic mass is 9.89. The summed E-state index contributed by atoms with van der Waals surface area (Å²) in [7, 11) is -1.28. The first-order chi connectivity index (χ1) is 29.7. The first-order valence-corrected chi connectivity index (χ1v) is 24.0. The molecular weight excluding hydrogens is 886 g/mol. The number of piperidine rings is 2. The van der Waals surface area contributed by atoms with Crippen LogP contribution in [0, 0.1) is 17.5 Å². The number of hydrogen-bond acceptors (Lipinski definition) is 12. The molecule has 0 spiro atoms. The summed E-state index contributed by atoms with van der Waals surface area (Å²) in [4.78, 5) is 39.4. The van der Waals surface area contributed by atoms with Gasteiger partial charge in [0, 0.05) is 72.8 Å². The Balaban J connectivity index is 0.922. The number of amides is 2. The van der Waals surface area contributed by atoms with Gasteiger partial charge in [-0.15, -0.1) is 0 Å². The molecule has 2 fully saturated rings. The van der Waals surface area contributed by atoms with Crippen molar-refractivity contribution in [1.82, 2.24) is 30.9 Å². The van der Waals surface area contributed by atoms with Crippen molar-refractivity contribution in [2.45, 2.75) is 57.4 Å². The maximum Gasteiger partial charge on any atom is 0.234 e. The van der Waals surface area contributed by atoms with Gasteiger partial charge in [0.15, 0.2) is 0 Å². The number of aromatic nitrogens is 3. The maximum absolute atomic E-state index is 14.9. The normalized spacial score (nSPS) is 16.1. The Morgan fingerprint density at radius 3 is 2.39 bits per heavy atom. The van der Waals surface area contributed by atoms with Gasteiger partial charge >= 0.3 is 0 Å². The van der Waals surface area contributed by atoms with Crippen molar-refractivity contribution in [1.29, 1.82) is 0 Å². The minimum absolute atomic E-state index is 0.0506. The van der Waals surface area contributed by atoms with Gasteiger partial charge in [0.05, 0.1) is 40.6 Å². The lowest BCUT2D eigenvalue weighted by Crippen LogP contribution is -2.44. The molecule has 7 rings (SSSR count). The van der Waals surface area contributed by atoms with Crippen LogP contribution < -0.4 is 41.5 Å². The topological polar surface area (TPSA) is 162 Å². The van der Waals surface area contributed by atoms with Crippen molar-refractivity contribution >= 4 is 79.9 Å². The molecule has 1 unspecified atom stereocenters. The van der Waals surface area contributed by atoms with E-state index in [0.717, 1.165) is 56.3 Å². The SMILES string of the molecule is CCc1cc(Nc2ncc(Br)c(Nc3ccc4ncc(F)cc4c3P(C)(C)=O)n2)c(OC)cc1N1CCC(NCCNCCc2cc(F)c(C3CCC(=O)NC3=O)c(F)c2)CC1. The van der Waals surface area contributed by atoms with Crippen molar-refractivity contribution < 1.29 is 32.1 Å². The van der Waals surface area contributed by atoms with E-state index in [9.17, 15) is 27.3 Å². The molecule has 2 saturated heterocycles. The second-order valence-electron chi connectivity index (χ2n) is 15.9. The maximum atomic E-state index is 14.9.